The second-order valence-electron chi connectivity index (χ2n) is 4.93. The maximum absolute atomic E-state index is 12.5. The predicted molar refractivity (Wildman–Crippen MR) is 89.8 cm³/mol. The third-order valence-electron chi connectivity index (χ3n) is 3.24. The van der Waals surface area contributed by atoms with Crippen molar-refractivity contribution in [3.63, 3.8) is 0 Å². The van der Waals surface area contributed by atoms with Crippen LogP contribution in [-0.4, -0.2) is 15.5 Å². The molecule has 5 heteroatoms. The van der Waals surface area contributed by atoms with Gasteiger partial charge in [-0.15, -0.1) is 11.3 Å². The molecule has 0 saturated heterocycles. The number of aromatic nitrogens is 2. The van der Waals surface area contributed by atoms with Gasteiger partial charge in [0.1, 0.15) is 5.69 Å². The Labute approximate surface area is 133 Å². The summed E-state index contributed by atoms with van der Waals surface area (Å²) in [7, 11) is 0. The van der Waals surface area contributed by atoms with Crippen LogP contribution in [-0.2, 0) is 6.42 Å². The number of carbonyl (C=O) groups is 1. The summed E-state index contributed by atoms with van der Waals surface area (Å²) in [4.78, 5) is 18.1. The fraction of sp³-hybridized carbons (Fsp3) is 0.176. The number of rotatable bonds is 5. The Morgan fingerprint density at radius 1 is 1.18 bits per heavy atom. The number of anilines is 1. The first-order valence-electron chi connectivity index (χ1n) is 7.27. The number of benzene rings is 1. The first-order valence-corrected chi connectivity index (χ1v) is 8.09. The number of hydrogen-bond acceptors (Lipinski definition) is 3. The molecular weight excluding hydrogens is 294 g/mol. The molecule has 0 bridgehead atoms. The third kappa shape index (κ3) is 3.09. The van der Waals surface area contributed by atoms with Crippen molar-refractivity contribution in [2.75, 3.05) is 5.32 Å². The molecule has 4 nitrogen and oxygen atoms in total. The molecule has 0 aliphatic heterocycles. The molecule has 1 N–H and O–H groups in total. The van der Waals surface area contributed by atoms with Crippen LogP contribution in [0, 0.1) is 0 Å². The molecule has 112 valence electrons. The zero-order chi connectivity index (χ0) is 15.4. The molecule has 0 radical (unpaired) electrons. The normalized spacial score (nSPS) is 10.6. The van der Waals surface area contributed by atoms with Crippen molar-refractivity contribution in [3.05, 3.63) is 65.4 Å². The van der Waals surface area contributed by atoms with Gasteiger partial charge < -0.3 is 9.88 Å². The van der Waals surface area contributed by atoms with Gasteiger partial charge in [0.2, 0.25) is 0 Å². The lowest BCUT2D eigenvalue weighted by Crippen LogP contribution is -2.14. The van der Waals surface area contributed by atoms with Crippen LogP contribution in [0.25, 0.3) is 5.13 Å². The molecule has 3 aromatic rings. The monoisotopic (exact) mass is 311 g/mol. The lowest BCUT2D eigenvalue weighted by atomic mass is 10.2. The molecule has 0 aliphatic carbocycles. The maximum atomic E-state index is 12.5. The number of amides is 1. The standard InChI is InChI=1S/C17H17N3OS/c1-2-8-14-15(16(21)18-13-9-4-3-5-10-13)19-17(22-14)20-11-6-7-12-20/h3-7,9-12H,2,8H2,1H3,(H,18,21). The molecule has 0 fully saturated rings. The lowest BCUT2D eigenvalue weighted by molar-refractivity contribution is 0.102. The minimum absolute atomic E-state index is 0.149. The third-order valence-corrected chi connectivity index (χ3v) is 4.36. The van der Waals surface area contributed by atoms with E-state index in [0.29, 0.717) is 5.69 Å². The van der Waals surface area contributed by atoms with Crippen LogP contribution < -0.4 is 5.32 Å². The number of carbonyl (C=O) groups excluding carboxylic acids is 1. The van der Waals surface area contributed by atoms with E-state index in [9.17, 15) is 4.79 Å². The quantitative estimate of drug-likeness (QED) is 0.770. The minimum atomic E-state index is -0.149. The van der Waals surface area contributed by atoms with Crippen molar-refractivity contribution in [1.82, 2.24) is 9.55 Å². The van der Waals surface area contributed by atoms with Crippen molar-refractivity contribution in [2.24, 2.45) is 0 Å². The summed E-state index contributed by atoms with van der Waals surface area (Å²) in [6, 6.07) is 13.4. The van der Waals surface area contributed by atoms with Gasteiger partial charge in [-0.3, -0.25) is 4.79 Å². The fourth-order valence-electron chi connectivity index (χ4n) is 2.20. The van der Waals surface area contributed by atoms with Crippen LogP contribution in [0.3, 0.4) is 0 Å². The second-order valence-corrected chi connectivity index (χ2v) is 5.99. The number of hydrogen-bond donors (Lipinski definition) is 1. The molecule has 2 heterocycles. The molecule has 0 saturated carbocycles. The molecule has 2 aromatic heterocycles. The highest BCUT2D eigenvalue weighted by molar-refractivity contribution is 7.14. The van der Waals surface area contributed by atoms with E-state index in [1.54, 1.807) is 11.3 Å². The Morgan fingerprint density at radius 2 is 1.91 bits per heavy atom. The van der Waals surface area contributed by atoms with Gasteiger partial charge in [0.05, 0.1) is 0 Å². The van der Waals surface area contributed by atoms with E-state index in [-0.39, 0.29) is 5.91 Å². The molecule has 1 aromatic carbocycles. The van der Waals surface area contributed by atoms with Crippen molar-refractivity contribution < 1.29 is 4.79 Å². The summed E-state index contributed by atoms with van der Waals surface area (Å²) < 4.78 is 1.93. The highest BCUT2D eigenvalue weighted by atomic mass is 32.1. The molecule has 0 atom stereocenters. The molecule has 3 rings (SSSR count). The average Bonchev–Trinajstić information content (AvgIpc) is 3.17. The van der Waals surface area contributed by atoms with Gasteiger partial charge in [-0.2, -0.15) is 0 Å². The summed E-state index contributed by atoms with van der Waals surface area (Å²) in [5.41, 5.74) is 1.31. The molecule has 0 spiro atoms. The Kier molecular flexibility index (Phi) is 4.34. The largest absolute Gasteiger partial charge is 0.321 e. The second kappa shape index (κ2) is 6.58. The van der Waals surface area contributed by atoms with E-state index < -0.39 is 0 Å². The molecule has 22 heavy (non-hydrogen) atoms. The molecule has 1 amide bonds. The van der Waals surface area contributed by atoms with Crippen LogP contribution in [0.5, 0.6) is 0 Å². The van der Waals surface area contributed by atoms with Gasteiger partial charge >= 0.3 is 0 Å². The zero-order valence-corrected chi connectivity index (χ0v) is 13.1. The van der Waals surface area contributed by atoms with Crippen molar-refractivity contribution in [3.8, 4) is 5.13 Å². The summed E-state index contributed by atoms with van der Waals surface area (Å²) >= 11 is 1.57. The summed E-state index contributed by atoms with van der Waals surface area (Å²) in [6.45, 7) is 2.11. The van der Waals surface area contributed by atoms with E-state index >= 15 is 0 Å². The highest BCUT2D eigenvalue weighted by Crippen LogP contribution is 2.24. The van der Waals surface area contributed by atoms with Crippen molar-refractivity contribution in [2.45, 2.75) is 19.8 Å². The summed E-state index contributed by atoms with van der Waals surface area (Å²) in [5, 5.41) is 3.74. The molecule has 0 unspecified atom stereocenters. The van der Waals surface area contributed by atoms with Gasteiger partial charge in [0, 0.05) is 23.0 Å². The zero-order valence-electron chi connectivity index (χ0n) is 12.3. The van der Waals surface area contributed by atoms with Crippen LogP contribution in [0.4, 0.5) is 5.69 Å². The van der Waals surface area contributed by atoms with Crippen LogP contribution in [0.15, 0.2) is 54.9 Å². The molecule has 0 aliphatic rings. The van der Waals surface area contributed by atoms with Gasteiger partial charge in [-0.05, 0) is 30.7 Å². The van der Waals surface area contributed by atoms with Gasteiger partial charge in [0.25, 0.3) is 5.91 Å². The van der Waals surface area contributed by atoms with Gasteiger partial charge in [0.15, 0.2) is 5.13 Å². The van der Waals surface area contributed by atoms with Crippen molar-refractivity contribution >= 4 is 22.9 Å². The van der Waals surface area contributed by atoms with Gasteiger partial charge in [-0.25, -0.2) is 4.98 Å². The maximum Gasteiger partial charge on any atom is 0.275 e. The Hall–Kier alpha value is -2.40. The van der Waals surface area contributed by atoms with E-state index in [2.05, 4.69) is 17.2 Å². The number of aryl methyl sites for hydroxylation is 1. The first-order chi connectivity index (χ1) is 10.8. The number of nitrogens with zero attached hydrogens (tertiary/aromatic N) is 2. The topological polar surface area (TPSA) is 46.9 Å². The number of para-hydroxylation sites is 1. The van der Waals surface area contributed by atoms with E-state index in [1.165, 1.54) is 0 Å². The van der Waals surface area contributed by atoms with E-state index in [0.717, 1.165) is 28.5 Å². The van der Waals surface area contributed by atoms with Crippen LogP contribution >= 0.6 is 11.3 Å². The van der Waals surface area contributed by atoms with Crippen LogP contribution in [0.1, 0.15) is 28.7 Å². The lowest BCUT2D eigenvalue weighted by Gasteiger charge is -2.04. The predicted octanol–water partition coefficient (Wildman–Crippen LogP) is 4.14. The van der Waals surface area contributed by atoms with E-state index in [1.807, 2.05) is 59.4 Å². The average molecular weight is 311 g/mol. The summed E-state index contributed by atoms with van der Waals surface area (Å²) in [5.74, 6) is -0.149. The van der Waals surface area contributed by atoms with E-state index in [4.69, 9.17) is 0 Å². The smallest absolute Gasteiger partial charge is 0.275 e. The van der Waals surface area contributed by atoms with Crippen LogP contribution in [0.2, 0.25) is 0 Å². The fourth-order valence-corrected chi connectivity index (χ4v) is 3.32. The number of thiazole rings is 1. The Balaban J connectivity index is 1.89. The SMILES string of the molecule is CCCc1sc(-n2cccc2)nc1C(=O)Nc1ccccc1. The van der Waals surface area contributed by atoms with Gasteiger partial charge in [-0.1, -0.05) is 31.5 Å². The van der Waals surface area contributed by atoms with Crippen molar-refractivity contribution in [1.29, 1.82) is 0 Å². The first kappa shape index (κ1) is 14.5. The Bertz CT molecular complexity index is 748. The molecular formula is C17H17N3OS. The minimum Gasteiger partial charge on any atom is -0.321 e. The Morgan fingerprint density at radius 3 is 2.59 bits per heavy atom. The summed E-state index contributed by atoms with van der Waals surface area (Å²) in [6.07, 6.45) is 5.72. The number of nitrogens with one attached hydrogen (secondary N) is 1. The highest BCUT2D eigenvalue weighted by Gasteiger charge is 2.18.